The van der Waals surface area contributed by atoms with Gasteiger partial charge in [0.15, 0.2) is 10.9 Å². The highest BCUT2D eigenvalue weighted by molar-refractivity contribution is 7.17. The van der Waals surface area contributed by atoms with E-state index in [1.165, 1.54) is 12.1 Å². The number of benzene rings is 1. The lowest BCUT2D eigenvalue weighted by atomic mass is 9.88. The molecule has 1 aliphatic heterocycles. The Balaban J connectivity index is 1.50. The van der Waals surface area contributed by atoms with Crippen LogP contribution in [0.2, 0.25) is 5.02 Å². The van der Waals surface area contributed by atoms with Crippen LogP contribution >= 0.6 is 22.9 Å². The third-order valence-corrected chi connectivity index (χ3v) is 6.92. The van der Waals surface area contributed by atoms with Crippen LogP contribution in [0, 0.1) is 17.7 Å². The average Bonchev–Trinajstić information content (AvgIpc) is 3.10. The van der Waals surface area contributed by atoms with Crippen molar-refractivity contribution in [3.8, 4) is 0 Å². The molecule has 1 fully saturated rings. The number of hydrogen-bond acceptors (Lipinski definition) is 5. The molecule has 1 saturated heterocycles. The summed E-state index contributed by atoms with van der Waals surface area (Å²) in [5.41, 5.74) is 0.237. The molecule has 9 heteroatoms. The largest absolute Gasteiger partial charge is 0.342 e. The highest BCUT2D eigenvalue weighted by Gasteiger charge is 2.36. The smallest absolute Gasteiger partial charge is 0.261 e. The molecule has 2 heterocycles. The maximum Gasteiger partial charge on any atom is 0.261 e. The van der Waals surface area contributed by atoms with E-state index in [1.807, 2.05) is 4.90 Å². The first-order valence-electron chi connectivity index (χ1n) is 9.90. The maximum atomic E-state index is 14.0. The van der Waals surface area contributed by atoms with Gasteiger partial charge < -0.3 is 4.90 Å². The summed E-state index contributed by atoms with van der Waals surface area (Å²) in [6.45, 7) is 3.57. The van der Waals surface area contributed by atoms with Crippen molar-refractivity contribution in [1.82, 2.24) is 9.88 Å². The maximum absolute atomic E-state index is 14.0. The van der Waals surface area contributed by atoms with E-state index in [-0.39, 0.29) is 33.8 Å². The van der Waals surface area contributed by atoms with Crippen LogP contribution in [0.1, 0.15) is 51.9 Å². The van der Waals surface area contributed by atoms with Crippen molar-refractivity contribution in [2.24, 2.45) is 11.8 Å². The third-order valence-electron chi connectivity index (χ3n) is 5.55. The number of nitrogens with zero attached hydrogens (tertiary/aromatic N) is 2. The molecule has 2 unspecified atom stereocenters. The molecule has 30 heavy (non-hydrogen) atoms. The Morgan fingerprint density at radius 3 is 2.87 bits per heavy atom. The van der Waals surface area contributed by atoms with Gasteiger partial charge in [-0.3, -0.25) is 19.7 Å². The monoisotopic (exact) mass is 449 g/mol. The Morgan fingerprint density at radius 2 is 2.13 bits per heavy atom. The number of likely N-dealkylation sites (tertiary alicyclic amines) is 1. The molecule has 1 aromatic heterocycles. The van der Waals surface area contributed by atoms with E-state index >= 15 is 0 Å². The summed E-state index contributed by atoms with van der Waals surface area (Å²) in [7, 11) is 0. The van der Waals surface area contributed by atoms with E-state index in [0.29, 0.717) is 22.9 Å². The quantitative estimate of drug-likeness (QED) is 0.761. The van der Waals surface area contributed by atoms with Gasteiger partial charge in [-0.2, -0.15) is 0 Å². The molecule has 6 nitrogen and oxygen atoms in total. The van der Waals surface area contributed by atoms with Crippen molar-refractivity contribution in [3.05, 3.63) is 45.2 Å². The number of carbonyl (C=O) groups is 3. The van der Waals surface area contributed by atoms with Crippen LogP contribution < -0.4 is 5.32 Å². The van der Waals surface area contributed by atoms with Gasteiger partial charge in [-0.25, -0.2) is 9.37 Å². The number of nitrogens with one attached hydrogen (secondary N) is 1. The Kier molecular flexibility index (Phi) is 5.88. The van der Waals surface area contributed by atoms with Crippen LogP contribution in [0.5, 0.6) is 0 Å². The molecule has 2 atom stereocenters. The lowest BCUT2D eigenvalue weighted by molar-refractivity contribution is -0.137. The summed E-state index contributed by atoms with van der Waals surface area (Å²) in [6, 6.07) is 3.98. The normalized spacial score (nSPS) is 21.3. The van der Waals surface area contributed by atoms with Gasteiger partial charge in [-0.1, -0.05) is 35.9 Å². The van der Waals surface area contributed by atoms with Crippen molar-refractivity contribution in [2.45, 2.75) is 32.6 Å². The second-order valence-electron chi connectivity index (χ2n) is 7.91. The zero-order chi connectivity index (χ0) is 21.4. The van der Waals surface area contributed by atoms with Gasteiger partial charge >= 0.3 is 0 Å². The number of carbonyl (C=O) groups excluding carboxylic acids is 3. The van der Waals surface area contributed by atoms with E-state index in [2.05, 4.69) is 17.2 Å². The fourth-order valence-electron chi connectivity index (χ4n) is 4.08. The van der Waals surface area contributed by atoms with Gasteiger partial charge in [0.05, 0.1) is 27.1 Å². The number of piperidine rings is 1. The zero-order valence-electron chi connectivity index (χ0n) is 16.4. The molecule has 0 spiro atoms. The number of hydrogen-bond donors (Lipinski definition) is 1. The molecule has 1 N–H and O–H groups in total. The van der Waals surface area contributed by atoms with Crippen molar-refractivity contribution in [2.75, 3.05) is 18.4 Å². The first-order chi connectivity index (χ1) is 14.3. The summed E-state index contributed by atoms with van der Waals surface area (Å²) in [4.78, 5) is 44.6. The second kappa shape index (κ2) is 8.43. The number of Topliss-reactive ketones (excluding diaryl/α,β-unsaturated/α-hetero) is 1. The zero-order valence-corrected chi connectivity index (χ0v) is 18.0. The number of rotatable bonds is 3. The van der Waals surface area contributed by atoms with Crippen LogP contribution in [0.3, 0.4) is 0 Å². The number of ketones is 1. The number of amides is 2. The number of aromatic nitrogens is 1. The van der Waals surface area contributed by atoms with Gasteiger partial charge in [-0.15, -0.1) is 0 Å². The highest BCUT2D eigenvalue weighted by atomic mass is 35.5. The topological polar surface area (TPSA) is 79.4 Å². The van der Waals surface area contributed by atoms with Gasteiger partial charge in [0.2, 0.25) is 5.91 Å². The van der Waals surface area contributed by atoms with E-state index in [9.17, 15) is 18.8 Å². The lowest BCUT2D eigenvalue weighted by Crippen LogP contribution is -2.44. The molecule has 4 rings (SSSR count). The van der Waals surface area contributed by atoms with Gasteiger partial charge in [0.25, 0.3) is 5.91 Å². The summed E-state index contributed by atoms with van der Waals surface area (Å²) < 4.78 is 14.0. The molecule has 2 aliphatic rings. The summed E-state index contributed by atoms with van der Waals surface area (Å²) in [5, 5.41) is 2.71. The van der Waals surface area contributed by atoms with E-state index in [4.69, 9.17) is 11.6 Å². The van der Waals surface area contributed by atoms with Crippen LogP contribution in [0.25, 0.3) is 0 Å². The highest BCUT2D eigenvalue weighted by Crippen LogP contribution is 2.34. The van der Waals surface area contributed by atoms with Crippen LogP contribution in [0.15, 0.2) is 18.2 Å². The van der Waals surface area contributed by atoms with Crippen LogP contribution in [0.4, 0.5) is 9.52 Å². The summed E-state index contributed by atoms with van der Waals surface area (Å²) in [5.74, 6) is -1.59. The summed E-state index contributed by atoms with van der Waals surface area (Å²) in [6.07, 6.45) is 2.59. The number of anilines is 1. The fraction of sp³-hybridized carbons (Fsp3) is 0.429. The van der Waals surface area contributed by atoms with E-state index < -0.39 is 17.6 Å². The van der Waals surface area contributed by atoms with Gasteiger partial charge in [-0.05, 0) is 30.9 Å². The average molecular weight is 450 g/mol. The lowest BCUT2D eigenvalue weighted by Gasteiger charge is -2.34. The molecule has 2 aromatic rings. The van der Waals surface area contributed by atoms with Crippen molar-refractivity contribution < 1.29 is 18.8 Å². The molecule has 158 valence electrons. The minimum atomic E-state index is -0.737. The number of fused-ring (bicyclic) bond motifs is 1. The van der Waals surface area contributed by atoms with Gasteiger partial charge in [0.1, 0.15) is 5.82 Å². The Hall–Kier alpha value is -2.32. The molecular weight excluding hydrogens is 429 g/mol. The Labute approximate surface area is 182 Å². The molecule has 2 amide bonds. The van der Waals surface area contributed by atoms with Crippen molar-refractivity contribution in [3.63, 3.8) is 0 Å². The third kappa shape index (κ3) is 4.11. The summed E-state index contributed by atoms with van der Waals surface area (Å²) >= 11 is 6.98. The molecule has 0 bridgehead atoms. The standard InChI is InChI=1S/C21H21ClFN3O3S/c1-11-4-3-7-26(10-11)20(29)12-8-15-18(16(27)9-12)30-21(24-15)25-19(28)17-13(22)5-2-6-14(17)23/h2,5-6,11-12H,3-4,7-10H2,1H3,(H,24,25,28). The first kappa shape index (κ1) is 20.9. The predicted molar refractivity (Wildman–Crippen MR) is 113 cm³/mol. The molecule has 1 aromatic carbocycles. The predicted octanol–water partition coefficient (Wildman–Crippen LogP) is 4.19. The molecule has 0 radical (unpaired) electrons. The number of thiazole rings is 1. The SMILES string of the molecule is CC1CCCN(C(=O)C2CC(=O)c3sc(NC(=O)c4c(F)cccc4Cl)nc3C2)C1. The Morgan fingerprint density at radius 1 is 1.33 bits per heavy atom. The molecule has 1 aliphatic carbocycles. The van der Waals surface area contributed by atoms with Crippen molar-refractivity contribution in [1.29, 1.82) is 0 Å². The van der Waals surface area contributed by atoms with E-state index in [1.54, 1.807) is 0 Å². The minimum absolute atomic E-state index is 0.00252. The van der Waals surface area contributed by atoms with Crippen LogP contribution in [-0.4, -0.2) is 40.6 Å². The number of halogens is 2. The first-order valence-corrected chi connectivity index (χ1v) is 11.1. The molecule has 0 saturated carbocycles. The van der Waals surface area contributed by atoms with E-state index in [0.717, 1.165) is 43.3 Å². The van der Waals surface area contributed by atoms with Crippen LogP contribution in [-0.2, 0) is 11.2 Å². The second-order valence-corrected chi connectivity index (χ2v) is 9.31. The Bertz CT molecular complexity index is 1000. The fourth-order valence-corrected chi connectivity index (χ4v) is 5.27. The van der Waals surface area contributed by atoms with Crippen molar-refractivity contribution >= 4 is 45.7 Å². The molecular formula is C21H21ClFN3O3S. The van der Waals surface area contributed by atoms with Gasteiger partial charge in [0, 0.05) is 25.9 Å². The minimum Gasteiger partial charge on any atom is -0.342 e.